The van der Waals surface area contributed by atoms with E-state index in [1.807, 2.05) is 0 Å². The van der Waals surface area contributed by atoms with Gasteiger partial charge in [0, 0.05) is 11.8 Å². The number of anilines is 1. The number of hydrogen-bond donors (Lipinski definition) is 3. The summed E-state index contributed by atoms with van der Waals surface area (Å²) in [5.74, 6) is 5.45. The molecule has 6 nitrogen and oxygen atoms in total. The van der Waals surface area contributed by atoms with Gasteiger partial charge in [-0.2, -0.15) is 5.10 Å². The van der Waals surface area contributed by atoms with Crippen LogP contribution in [-0.4, -0.2) is 25.2 Å². The molecule has 0 bridgehead atoms. The molecule has 20 heavy (non-hydrogen) atoms. The normalized spacial score (nSPS) is 10.7. The second kappa shape index (κ2) is 5.96. The van der Waals surface area contributed by atoms with Gasteiger partial charge in [0.2, 0.25) is 0 Å². The third kappa shape index (κ3) is 3.30. The number of rotatable bonds is 3. The summed E-state index contributed by atoms with van der Waals surface area (Å²) in [4.78, 5) is -0.0290. The Balaban J connectivity index is 2.33. The monoisotopic (exact) mass is 310 g/mol. The molecule has 0 atom stereocenters. The Morgan fingerprint density at radius 1 is 1.45 bits per heavy atom. The van der Waals surface area contributed by atoms with Crippen molar-refractivity contribution in [1.82, 2.24) is 10.2 Å². The minimum Gasteiger partial charge on any atom is -0.320 e. The molecule has 0 aliphatic heterocycles. The molecule has 0 unspecified atom stereocenters. The zero-order valence-corrected chi connectivity index (χ0v) is 11.8. The van der Waals surface area contributed by atoms with E-state index in [4.69, 9.17) is 17.3 Å². The second-order valence-electron chi connectivity index (χ2n) is 3.74. The Bertz CT molecular complexity index is 760. The number of aromatic nitrogens is 2. The first-order valence-corrected chi connectivity index (χ1v) is 7.39. The first-order valence-electron chi connectivity index (χ1n) is 5.53. The van der Waals surface area contributed by atoms with Crippen molar-refractivity contribution in [3.05, 3.63) is 41.2 Å². The summed E-state index contributed by atoms with van der Waals surface area (Å²) in [7, 11) is -3.77. The van der Waals surface area contributed by atoms with Crippen molar-refractivity contribution < 1.29 is 8.42 Å². The average Bonchev–Trinajstić information content (AvgIpc) is 2.88. The number of nitrogens with one attached hydrogen (secondary N) is 2. The standard InChI is InChI=1S/C12H11ClN4O2S/c13-11-6-9(2-1-5-14)3-4-12(11)20(18,19)17-10-7-15-16-8-10/h3-4,6-8,17H,5,14H2,(H,15,16). The Labute approximate surface area is 121 Å². The number of halogens is 1. The fraction of sp³-hybridized carbons (Fsp3) is 0.0833. The van der Waals surface area contributed by atoms with E-state index in [0.29, 0.717) is 11.3 Å². The van der Waals surface area contributed by atoms with Crippen LogP contribution in [0.5, 0.6) is 0 Å². The summed E-state index contributed by atoms with van der Waals surface area (Å²) in [6.07, 6.45) is 2.78. The van der Waals surface area contributed by atoms with E-state index >= 15 is 0 Å². The highest BCUT2D eigenvalue weighted by atomic mass is 35.5. The molecule has 0 fully saturated rings. The lowest BCUT2D eigenvalue weighted by Crippen LogP contribution is -2.13. The predicted molar refractivity (Wildman–Crippen MR) is 76.8 cm³/mol. The fourth-order valence-electron chi connectivity index (χ4n) is 1.47. The highest BCUT2D eigenvalue weighted by molar-refractivity contribution is 7.92. The molecule has 0 aliphatic carbocycles. The smallest absolute Gasteiger partial charge is 0.263 e. The molecule has 1 heterocycles. The minimum absolute atomic E-state index is 0.0290. The van der Waals surface area contributed by atoms with E-state index in [1.165, 1.54) is 24.5 Å². The predicted octanol–water partition coefficient (Wildman–Crippen LogP) is 1.17. The Morgan fingerprint density at radius 2 is 2.25 bits per heavy atom. The first kappa shape index (κ1) is 14.4. The molecular weight excluding hydrogens is 300 g/mol. The number of sulfonamides is 1. The molecule has 104 valence electrons. The van der Waals surface area contributed by atoms with Crippen LogP contribution in [0.3, 0.4) is 0 Å². The van der Waals surface area contributed by atoms with Gasteiger partial charge in [0.15, 0.2) is 0 Å². The van der Waals surface area contributed by atoms with Crippen molar-refractivity contribution >= 4 is 27.3 Å². The van der Waals surface area contributed by atoms with Crippen molar-refractivity contribution in [2.75, 3.05) is 11.3 Å². The van der Waals surface area contributed by atoms with Crippen LogP contribution in [0.1, 0.15) is 5.56 Å². The van der Waals surface area contributed by atoms with Gasteiger partial charge in [0.1, 0.15) is 4.90 Å². The number of H-pyrrole nitrogens is 1. The third-order valence-electron chi connectivity index (χ3n) is 2.31. The Kier molecular flexibility index (Phi) is 4.29. The van der Waals surface area contributed by atoms with E-state index < -0.39 is 10.0 Å². The van der Waals surface area contributed by atoms with Crippen molar-refractivity contribution in [3.8, 4) is 11.8 Å². The molecule has 1 aromatic heterocycles. The van der Waals surface area contributed by atoms with Crippen LogP contribution in [-0.2, 0) is 10.0 Å². The number of nitrogens with two attached hydrogens (primary N) is 1. The maximum atomic E-state index is 12.2. The lowest BCUT2D eigenvalue weighted by atomic mass is 10.2. The van der Waals surface area contributed by atoms with E-state index in [9.17, 15) is 8.42 Å². The molecule has 2 rings (SSSR count). The van der Waals surface area contributed by atoms with E-state index in [2.05, 4.69) is 26.8 Å². The van der Waals surface area contributed by atoms with Crippen LogP contribution in [0.2, 0.25) is 5.02 Å². The van der Waals surface area contributed by atoms with Gasteiger partial charge in [-0.15, -0.1) is 0 Å². The highest BCUT2D eigenvalue weighted by Crippen LogP contribution is 2.24. The van der Waals surface area contributed by atoms with E-state index in [1.54, 1.807) is 6.07 Å². The molecule has 0 aliphatic rings. The van der Waals surface area contributed by atoms with E-state index in [0.717, 1.165) is 0 Å². The van der Waals surface area contributed by atoms with Crippen LogP contribution in [0.4, 0.5) is 5.69 Å². The van der Waals surface area contributed by atoms with Crippen molar-refractivity contribution in [2.45, 2.75) is 4.90 Å². The second-order valence-corrected chi connectivity index (χ2v) is 5.80. The zero-order chi connectivity index (χ0) is 14.6. The Hall–Kier alpha value is -2.01. The molecule has 0 amide bonds. The summed E-state index contributed by atoms with van der Waals surface area (Å²) < 4.78 is 26.7. The topological polar surface area (TPSA) is 101 Å². The van der Waals surface area contributed by atoms with Crippen molar-refractivity contribution in [1.29, 1.82) is 0 Å². The zero-order valence-electron chi connectivity index (χ0n) is 10.2. The number of hydrogen-bond acceptors (Lipinski definition) is 4. The quantitative estimate of drug-likeness (QED) is 0.741. The van der Waals surface area contributed by atoms with Gasteiger partial charge in [0.05, 0.1) is 23.5 Å². The fourth-order valence-corrected chi connectivity index (χ4v) is 3.05. The van der Waals surface area contributed by atoms with Crippen LogP contribution >= 0.6 is 11.6 Å². The molecule has 0 saturated carbocycles. The third-order valence-corrected chi connectivity index (χ3v) is 4.17. The van der Waals surface area contributed by atoms with Gasteiger partial charge >= 0.3 is 0 Å². The number of aromatic amines is 1. The number of nitrogens with zero attached hydrogens (tertiary/aromatic N) is 1. The summed E-state index contributed by atoms with van der Waals surface area (Å²) in [6.45, 7) is 0.222. The molecule has 0 radical (unpaired) electrons. The van der Waals surface area contributed by atoms with Crippen LogP contribution in [0, 0.1) is 11.8 Å². The van der Waals surface area contributed by atoms with Crippen LogP contribution < -0.4 is 10.5 Å². The molecule has 0 spiro atoms. The Morgan fingerprint density at radius 3 is 2.85 bits per heavy atom. The van der Waals surface area contributed by atoms with Gasteiger partial charge in [-0.05, 0) is 18.2 Å². The average molecular weight is 311 g/mol. The molecule has 4 N–H and O–H groups in total. The van der Waals surface area contributed by atoms with Gasteiger partial charge in [-0.3, -0.25) is 9.82 Å². The maximum Gasteiger partial charge on any atom is 0.263 e. The molecule has 2 aromatic rings. The largest absolute Gasteiger partial charge is 0.320 e. The van der Waals surface area contributed by atoms with E-state index in [-0.39, 0.29) is 16.5 Å². The molecule has 8 heteroatoms. The highest BCUT2D eigenvalue weighted by Gasteiger charge is 2.18. The summed E-state index contributed by atoms with van der Waals surface area (Å²) in [5.41, 5.74) is 6.19. The van der Waals surface area contributed by atoms with Gasteiger partial charge < -0.3 is 5.73 Å². The summed E-state index contributed by atoms with van der Waals surface area (Å²) in [6, 6.07) is 4.44. The summed E-state index contributed by atoms with van der Waals surface area (Å²) in [5, 5.41) is 6.25. The SMILES string of the molecule is NCC#Cc1ccc(S(=O)(=O)Nc2cn[nH]c2)c(Cl)c1. The van der Waals surface area contributed by atoms with Gasteiger partial charge in [0.25, 0.3) is 10.0 Å². The van der Waals surface area contributed by atoms with Gasteiger partial charge in [-0.1, -0.05) is 23.4 Å². The molecule has 1 aromatic carbocycles. The van der Waals surface area contributed by atoms with Crippen molar-refractivity contribution in [2.24, 2.45) is 5.73 Å². The van der Waals surface area contributed by atoms with Crippen LogP contribution in [0.25, 0.3) is 0 Å². The van der Waals surface area contributed by atoms with Crippen molar-refractivity contribution in [3.63, 3.8) is 0 Å². The maximum absolute atomic E-state index is 12.2. The molecule has 0 saturated heterocycles. The molecular formula is C12H11ClN4O2S. The number of benzene rings is 1. The lowest BCUT2D eigenvalue weighted by Gasteiger charge is -2.07. The van der Waals surface area contributed by atoms with Gasteiger partial charge in [-0.25, -0.2) is 8.42 Å². The van der Waals surface area contributed by atoms with Crippen LogP contribution in [0.15, 0.2) is 35.5 Å². The minimum atomic E-state index is -3.77. The first-order chi connectivity index (χ1) is 9.53. The summed E-state index contributed by atoms with van der Waals surface area (Å²) >= 11 is 5.99. The lowest BCUT2D eigenvalue weighted by molar-refractivity contribution is 0.601.